The Bertz CT molecular complexity index is 812. The first-order valence-corrected chi connectivity index (χ1v) is 8.72. The Kier molecular flexibility index (Phi) is 5.07. The smallest absolute Gasteiger partial charge is 0.384 e. The van der Waals surface area contributed by atoms with Gasteiger partial charge < -0.3 is 10.2 Å². The molecule has 4 nitrogen and oxygen atoms in total. The first-order chi connectivity index (χ1) is 12.2. The molecule has 0 aliphatic carbocycles. The van der Waals surface area contributed by atoms with Crippen molar-refractivity contribution in [2.24, 2.45) is 5.92 Å². The standard InChI is InChI=1S/C19H22F3N3O/c1-12-9-18(23-11-14-5-7-25(8-6-14)13(2)26)16-10-15(19(20,21)22)3-4-17(16)24-12/h3-4,9-10,14H,5-8,11H2,1-2H3,(H,23,24). The number of fused-ring (bicyclic) bond motifs is 1. The highest BCUT2D eigenvalue weighted by Crippen LogP contribution is 2.33. The molecule has 1 aromatic heterocycles. The van der Waals surface area contributed by atoms with Gasteiger partial charge in [0.05, 0.1) is 11.1 Å². The van der Waals surface area contributed by atoms with Crippen molar-refractivity contribution in [3.05, 3.63) is 35.5 Å². The zero-order chi connectivity index (χ0) is 18.9. The van der Waals surface area contributed by atoms with Gasteiger partial charge in [-0.05, 0) is 49.9 Å². The monoisotopic (exact) mass is 365 g/mol. The number of amides is 1. The van der Waals surface area contributed by atoms with Crippen molar-refractivity contribution in [3.8, 4) is 0 Å². The Labute approximate surface area is 150 Å². The van der Waals surface area contributed by atoms with Gasteiger partial charge in [-0.3, -0.25) is 9.78 Å². The summed E-state index contributed by atoms with van der Waals surface area (Å²) in [6.07, 6.45) is -2.60. The molecule has 2 heterocycles. The third-order valence-corrected chi connectivity index (χ3v) is 4.91. The summed E-state index contributed by atoms with van der Waals surface area (Å²) in [5.41, 5.74) is 1.30. The number of benzene rings is 1. The summed E-state index contributed by atoms with van der Waals surface area (Å²) in [6, 6.07) is 5.42. The van der Waals surface area contributed by atoms with E-state index in [4.69, 9.17) is 0 Å². The first kappa shape index (κ1) is 18.5. The van der Waals surface area contributed by atoms with Crippen LogP contribution >= 0.6 is 0 Å². The van der Waals surface area contributed by atoms with Crippen LogP contribution in [0, 0.1) is 12.8 Å². The maximum Gasteiger partial charge on any atom is 0.416 e. The van der Waals surface area contributed by atoms with Gasteiger partial charge in [0.1, 0.15) is 0 Å². The SMILES string of the molecule is CC(=O)N1CCC(CNc2cc(C)nc3ccc(C(F)(F)F)cc23)CC1. The van der Waals surface area contributed by atoms with Crippen molar-refractivity contribution in [2.75, 3.05) is 25.0 Å². The van der Waals surface area contributed by atoms with Crippen LogP contribution in [0.2, 0.25) is 0 Å². The van der Waals surface area contributed by atoms with Gasteiger partial charge in [-0.15, -0.1) is 0 Å². The molecule has 1 aliphatic heterocycles. The molecule has 0 bridgehead atoms. The number of likely N-dealkylation sites (tertiary alicyclic amines) is 1. The maximum absolute atomic E-state index is 13.0. The zero-order valence-electron chi connectivity index (χ0n) is 14.9. The zero-order valence-corrected chi connectivity index (χ0v) is 14.9. The normalized spacial score (nSPS) is 16.1. The molecular weight excluding hydrogens is 343 g/mol. The molecule has 1 aliphatic rings. The molecule has 1 fully saturated rings. The van der Waals surface area contributed by atoms with E-state index in [1.807, 2.05) is 11.8 Å². The molecule has 0 radical (unpaired) electrons. The minimum Gasteiger partial charge on any atom is -0.384 e. The maximum atomic E-state index is 13.0. The second kappa shape index (κ2) is 7.13. The van der Waals surface area contributed by atoms with Crippen LogP contribution in [0.15, 0.2) is 24.3 Å². The minimum absolute atomic E-state index is 0.0897. The van der Waals surface area contributed by atoms with Crippen LogP contribution in [0.3, 0.4) is 0 Å². The van der Waals surface area contributed by atoms with E-state index in [0.29, 0.717) is 29.1 Å². The lowest BCUT2D eigenvalue weighted by Crippen LogP contribution is -2.38. The fourth-order valence-corrected chi connectivity index (χ4v) is 3.39. The number of rotatable bonds is 3. The van der Waals surface area contributed by atoms with Gasteiger partial charge in [-0.1, -0.05) is 0 Å². The second-order valence-electron chi connectivity index (χ2n) is 6.87. The topological polar surface area (TPSA) is 45.2 Å². The van der Waals surface area contributed by atoms with E-state index in [1.54, 1.807) is 13.0 Å². The van der Waals surface area contributed by atoms with Gasteiger partial charge in [0.15, 0.2) is 0 Å². The van der Waals surface area contributed by atoms with Crippen LogP contribution in [-0.2, 0) is 11.0 Å². The number of hydrogen-bond acceptors (Lipinski definition) is 3. The van der Waals surface area contributed by atoms with E-state index < -0.39 is 11.7 Å². The van der Waals surface area contributed by atoms with E-state index in [-0.39, 0.29) is 5.91 Å². The number of nitrogens with one attached hydrogen (secondary N) is 1. The number of anilines is 1. The number of carbonyl (C=O) groups excluding carboxylic acids is 1. The summed E-state index contributed by atoms with van der Waals surface area (Å²) in [4.78, 5) is 17.6. The van der Waals surface area contributed by atoms with E-state index in [0.717, 1.165) is 43.8 Å². The van der Waals surface area contributed by atoms with Crippen LogP contribution in [-0.4, -0.2) is 35.4 Å². The molecular formula is C19H22F3N3O. The van der Waals surface area contributed by atoms with E-state index in [1.165, 1.54) is 6.07 Å². The molecule has 2 aromatic rings. The lowest BCUT2D eigenvalue weighted by molar-refractivity contribution is -0.137. The van der Waals surface area contributed by atoms with Crippen molar-refractivity contribution in [2.45, 2.75) is 32.9 Å². The fraction of sp³-hybridized carbons (Fsp3) is 0.474. The van der Waals surface area contributed by atoms with Gasteiger partial charge in [0, 0.05) is 43.3 Å². The molecule has 0 saturated carbocycles. The quantitative estimate of drug-likeness (QED) is 0.885. The Morgan fingerprint density at radius 3 is 2.58 bits per heavy atom. The first-order valence-electron chi connectivity index (χ1n) is 8.72. The number of aryl methyl sites for hydroxylation is 1. The molecule has 140 valence electrons. The number of alkyl halides is 3. The highest BCUT2D eigenvalue weighted by Gasteiger charge is 2.30. The lowest BCUT2D eigenvalue weighted by atomic mass is 9.96. The number of pyridine rings is 1. The molecule has 1 amide bonds. The molecule has 1 aromatic carbocycles. The average molecular weight is 365 g/mol. The Balaban J connectivity index is 1.78. The number of carbonyl (C=O) groups is 1. The highest BCUT2D eigenvalue weighted by atomic mass is 19.4. The van der Waals surface area contributed by atoms with E-state index in [2.05, 4.69) is 10.3 Å². The van der Waals surface area contributed by atoms with Crippen molar-refractivity contribution in [3.63, 3.8) is 0 Å². The molecule has 1 saturated heterocycles. The van der Waals surface area contributed by atoms with Crippen LogP contribution in [0.25, 0.3) is 10.9 Å². The summed E-state index contributed by atoms with van der Waals surface area (Å²) >= 11 is 0. The van der Waals surface area contributed by atoms with Crippen molar-refractivity contribution >= 4 is 22.5 Å². The number of nitrogens with zero attached hydrogens (tertiary/aromatic N) is 2. The molecule has 0 unspecified atom stereocenters. The van der Waals surface area contributed by atoms with Gasteiger partial charge in [-0.25, -0.2) is 0 Å². The average Bonchev–Trinajstić information content (AvgIpc) is 2.58. The number of piperidine rings is 1. The second-order valence-corrected chi connectivity index (χ2v) is 6.87. The van der Waals surface area contributed by atoms with Gasteiger partial charge in [0.2, 0.25) is 5.91 Å². The van der Waals surface area contributed by atoms with Crippen molar-refractivity contribution < 1.29 is 18.0 Å². The summed E-state index contributed by atoms with van der Waals surface area (Å²) in [5, 5.41) is 3.79. The highest BCUT2D eigenvalue weighted by molar-refractivity contribution is 5.92. The number of halogens is 3. The van der Waals surface area contributed by atoms with Crippen LogP contribution in [0.1, 0.15) is 31.0 Å². The van der Waals surface area contributed by atoms with Gasteiger partial charge in [0.25, 0.3) is 0 Å². The third-order valence-electron chi connectivity index (χ3n) is 4.91. The summed E-state index contributed by atoms with van der Waals surface area (Å²) in [6.45, 7) is 5.53. The molecule has 0 atom stereocenters. The Morgan fingerprint density at radius 2 is 1.96 bits per heavy atom. The largest absolute Gasteiger partial charge is 0.416 e. The third kappa shape index (κ3) is 4.08. The van der Waals surface area contributed by atoms with Crippen LogP contribution in [0.4, 0.5) is 18.9 Å². The fourth-order valence-electron chi connectivity index (χ4n) is 3.39. The Hall–Kier alpha value is -2.31. The van der Waals surface area contributed by atoms with Crippen LogP contribution in [0.5, 0.6) is 0 Å². The molecule has 3 rings (SSSR count). The molecule has 26 heavy (non-hydrogen) atoms. The number of hydrogen-bond donors (Lipinski definition) is 1. The Morgan fingerprint density at radius 1 is 1.27 bits per heavy atom. The lowest BCUT2D eigenvalue weighted by Gasteiger charge is -2.31. The molecule has 0 spiro atoms. The van der Waals surface area contributed by atoms with E-state index >= 15 is 0 Å². The summed E-state index contributed by atoms with van der Waals surface area (Å²) in [7, 11) is 0. The predicted octanol–water partition coefficient (Wildman–Crippen LogP) is 4.23. The van der Waals surface area contributed by atoms with Crippen LogP contribution < -0.4 is 5.32 Å². The summed E-state index contributed by atoms with van der Waals surface area (Å²) in [5.74, 6) is 0.478. The molecule has 1 N–H and O–H groups in total. The van der Waals surface area contributed by atoms with E-state index in [9.17, 15) is 18.0 Å². The number of aromatic nitrogens is 1. The predicted molar refractivity (Wildman–Crippen MR) is 94.9 cm³/mol. The minimum atomic E-state index is -4.38. The summed E-state index contributed by atoms with van der Waals surface area (Å²) < 4.78 is 39.1. The van der Waals surface area contributed by atoms with Crippen molar-refractivity contribution in [1.82, 2.24) is 9.88 Å². The molecule has 7 heteroatoms. The van der Waals surface area contributed by atoms with Gasteiger partial charge in [-0.2, -0.15) is 13.2 Å². The van der Waals surface area contributed by atoms with Crippen molar-refractivity contribution in [1.29, 1.82) is 0 Å². The van der Waals surface area contributed by atoms with Gasteiger partial charge >= 0.3 is 6.18 Å².